The van der Waals surface area contributed by atoms with E-state index >= 15 is 0 Å². The monoisotopic (exact) mass is 480 g/mol. The zero-order valence-corrected chi connectivity index (χ0v) is 17.0. The number of carbonyl (C=O) groups is 2. The van der Waals surface area contributed by atoms with E-state index < -0.39 is 0 Å². The maximum absolute atomic E-state index is 13.2. The molecule has 120 valence electrons. The van der Waals surface area contributed by atoms with Crippen molar-refractivity contribution in [2.75, 3.05) is 0 Å². The summed E-state index contributed by atoms with van der Waals surface area (Å²) in [5.41, 5.74) is 2.02. The number of Topliss-reactive ketones (excluding diaryl/α,β-unsaturated/α-hetero) is 2. The molecular formula is C18H10Br2O2S2. The summed E-state index contributed by atoms with van der Waals surface area (Å²) in [6.45, 7) is 0. The highest BCUT2D eigenvalue weighted by Crippen LogP contribution is 2.58. The molecule has 1 saturated carbocycles. The van der Waals surface area contributed by atoms with Gasteiger partial charge in [0.25, 0.3) is 0 Å². The molecule has 2 aliphatic heterocycles. The lowest BCUT2D eigenvalue weighted by molar-refractivity contribution is -0.130. The first-order valence-electron chi connectivity index (χ1n) is 7.54. The molecule has 0 bridgehead atoms. The Morgan fingerprint density at radius 2 is 1.12 bits per heavy atom. The third-order valence-corrected chi connectivity index (χ3v) is 8.66. The zero-order chi connectivity index (χ0) is 16.6. The average molecular weight is 482 g/mol. The van der Waals surface area contributed by atoms with Crippen LogP contribution >= 0.6 is 55.4 Å². The zero-order valence-electron chi connectivity index (χ0n) is 12.2. The van der Waals surface area contributed by atoms with E-state index in [2.05, 4.69) is 31.9 Å². The van der Waals surface area contributed by atoms with Gasteiger partial charge in [0.1, 0.15) is 0 Å². The number of hydrogen-bond acceptors (Lipinski definition) is 4. The van der Waals surface area contributed by atoms with Crippen LogP contribution in [0.15, 0.2) is 55.1 Å². The van der Waals surface area contributed by atoms with Gasteiger partial charge in [-0.1, -0.05) is 31.9 Å². The van der Waals surface area contributed by atoms with Crippen molar-refractivity contribution in [2.24, 2.45) is 0 Å². The smallest absolute Gasteiger partial charge is 0.156 e. The lowest BCUT2D eigenvalue weighted by Crippen LogP contribution is -2.45. The summed E-state index contributed by atoms with van der Waals surface area (Å²) in [7, 11) is 0. The number of benzene rings is 2. The second-order valence-corrected chi connectivity index (χ2v) is 10.4. The lowest BCUT2D eigenvalue weighted by atomic mass is 9.74. The number of hydrogen-bond donors (Lipinski definition) is 0. The number of halogens is 2. The predicted molar refractivity (Wildman–Crippen MR) is 103 cm³/mol. The molecule has 4 atom stereocenters. The van der Waals surface area contributed by atoms with Crippen LogP contribution in [0.1, 0.15) is 23.0 Å². The molecule has 5 rings (SSSR count). The van der Waals surface area contributed by atoms with Gasteiger partial charge in [0.15, 0.2) is 11.6 Å². The van der Waals surface area contributed by atoms with Gasteiger partial charge in [-0.25, -0.2) is 0 Å². The minimum Gasteiger partial charge on any atom is -0.298 e. The van der Waals surface area contributed by atoms with Gasteiger partial charge in [0.05, 0.1) is 22.3 Å². The van der Waals surface area contributed by atoms with Crippen molar-refractivity contribution in [1.82, 2.24) is 0 Å². The van der Waals surface area contributed by atoms with E-state index in [0.717, 1.165) is 29.9 Å². The predicted octanol–water partition coefficient (Wildman–Crippen LogP) is 5.18. The van der Waals surface area contributed by atoms with Crippen LogP contribution in [0.4, 0.5) is 0 Å². The Labute approximate surface area is 164 Å². The minimum absolute atomic E-state index is 0.200. The first-order chi connectivity index (χ1) is 11.5. The fourth-order valence-corrected chi connectivity index (χ4v) is 7.48. The summed E-state index contributed by atoms with van der Waals surface area (Å²) >= 11 is 10.1. The second kappa shape index (κ2) is 5.47. The molecule has 0 spiro atoms. The first-order valence-corrected chi connectivity index (χ1v) is 10.9. The molecular weight excluding hydrogens is 472 g/mol. The van der Waals surface area contributed by atoms with Crippen LogP contribution in [0, 0.1) is 0 Å². The highest BCUT2D eigenvalue weighted by Gasteiger charge is 2.57. The molecule has 6 heteroatoms. The Bertz CT molecular complexity index is 852. The van der Waals surface area contributed by atoms with Crippen molar-refractivity contribution in [3.63, 3.8) is 0 Å². The summed E-state index contributed by atoms with van der Waals surface area (Å²) < 4.78 is 1.91. The molecule has 0 radical (unpaired) electrons. The highest BCUT2D eigenvalue weighted by atomic mass is 79.9. The SMILES string of the molecule is O=C1C2Sc3ccc(Br)cc3C2C(=O)C2Sc3ccc(Br)cc3C12. The molecule has 3 aliphatic rings. The molecule has 2 aromatic rings. The molecule has 0 saturated heterocycles. The Balaban J connectivity index is 1.63. The van der Waals surface area contributed by atoms with Crippen LogP contribution in [0.3, 0.4) is 0 Å². The van der Waals surface area contributed by atoms with E-state index in [1.54, 1.807) is 23.5 Å². The molecule has 0 aromatic heterocycles. The van der Waals surface area contributed by atoms with Gasteiger partial charge in [-0.2, -0.15) is 0 Å². The minimum atomic E-state index is -0.304. The van der Waals surface area contributed by atoms with Crippen molar-refractivity contribution in [1.29, 1.82) is 0 Å². The average Bonchev–Trinajstić information content (AvgIpc) is 3.11. The van der Waals surface area contributed by atoms with Gasteiger partial charge in [-0.15, -0.1) is 23.5 Å². The van der Waals surface area contributed by atoms with Gasteiger partial charge in [-0.05, 0) is 47.5 Å². The molecule has 2 heterocycles. The fourth-order valence-electron chi connectivity index (χ4n) is 3.88. The van der Waals surface area contributed by atoms with E-state index in [1.807, 2.05) is 36.4 Å². The molecule has 4 unspecified atom stereocenters. The second-order valence-electron chi connectivity index (χ2n) is 6.20. The van der Waals surface area contributed by atoms with Crippen molar-refractivity contribution in [3.8, 4) is 0 Å². The molecule has 2 aromatic carbocycles. The van der Waals surface area contributed by atoms with Crippen LogP contribution in [-0.2, 0) is 9.59 Å². The molecule has 24 heavy (non-hydrogen) atoms. The number of ketones is 2. The Morgan fingerprint density at radius 3 is 1.54 bits per heavy atom. The Morgan fingerprint density at radius 1 is 0.708 bits per heavy atom. The van der Waals surface area contributed by atoms with E-state index in [1.165, 1.54) is 0 Å². The van der Waals surface area contributed by atoms with E-state index in [9.17, 15) is 9.59 Å². The summed E-state index contributed by atoms with van der Waals surface area (Å²) in [6.07, 6.45) is 0. The number of fused-ring (bicyclic) bond motifs is 6. The largest absolute Gasteiger partial charge is 0.298 e. The standard InChI is InChI=1S/C18H10Br2O2S2/c19-7-1-3-11-9(5-7)13-15(21)18-14(16(22)17(13)23-11)10-6-8(20)2-4-12(10)24-18/h1-6,13-14,17-18H. The quantitative estimate of drug-likeness (QED) is 0.519. The lowest BCUT2D eigenvalue weighted by Gasteiger charge is -2.31. The number of rotatable bonds is 0. The van der Waals surface area contributed by atoms with Crippen molar-refractivity contribution >= 4 is 67.0 Å². The molecule has 0 N–H and O–H groups in total. The first kappa shape index (κ1) is 15.7. The van der Waals surface area contributed by atoms with Crippen LogP contribution in [0.2, 0.25) is 0 Å². The highest BCUT2D eigenvalue weighted by molar-refractivity contribution is 9.10. The number of carbonyl (C=O) groups excluding carboxylic acids is 2. The van der Waals surface area contributed by atoms with Gasteiger partial charge in [0, 0.05) is 18.7 Å². The van der Waals surface area contributed by atoms with Crippen molar-refractivity contribution < 1.29 is 9.59 Å². The third-order valence-electron chi connectivity index (χ3n) is 4.90. The van der Waals surface area contributed by atoms with Crippen LogP contribution in [0.25, 0.3) is 0 Å². The van der Waals surface area contributed by atoms with E-state index in [4.69, 9.17) is 0 Å². The molecule has 0 amide bonds. The Hall–Kier alpha value is -0.560. The molecule has 2 nitrogen and oxygen atoms in total. The number of thioether (sulfide) groups is 2. The maximum Gasteiger partial charge on any atom is 0.156 e. The summed E-state index contributed by atoms with van der Waals surface area (Å²) in [6, 6.07) is 12.0. The normalized spacial score (nSPS) is 29.9. The van der Waals surface area contributed by atoms with E-state index in [-0.39, 0.29) is 33.9 Å². The van der Waals surface area contributed by atoms with Crippen molar-refractivity contribution in [3.05, 3.63) is 56.5 Å². The Kier molecular flexibility index (Phi) is 3.57. The third kappa shape index (κ3) is 2.09. The topological polar surface area (TPSA) is 34.1 Å². The van der Waals surface area contributed by atoms with E-state index in [0.29, 0.717) is 0 Å². The van der Waals surface area contributed by atoms with Crippen LogP contribution < -0.4 is 0 Å². The molecule has 1 fully saturated rings. The maximum atomic E-state index is 13.2. The van der Waals surface area contributed by atoms with Gasteiger partial charge in [0.2, 0.25) is 0 Å². The summed E-state index contributed by atoms with van der Waals surface area (Å²) in [5.74, 6) is -0.208. The van der Waals surface area contributed by atoms with Gasteiger partial charge >= 0.3 is 0 Å². The van der Waals surface area contributed by atoms with Gasteiger partial charge < -0.3 is 0 Å². The van der Waals surface area contributed by atoms with Gasteiger partial charge in [-0.3, -0.25) is 9.59 Å². The van der Waals surface area contributed by atoms with Crippen LogP contribution in [0.5, 0.6) is 0 Å². The fraction of sp³-hybridized carbons (Fsp3) is 0.222. The summed E-state index contributed by atoms with van der Waals surface area (Å²) in [5, 5.41) is -0.567. The van der Waals surface area contributed by atoms with Crippen LogP contribution in [-0.4, -0.2) is 22.1 Å². The van der Waals surface area contributed by atoms with Crippen molar-refractivity contribution in [2.45, 2.75) is 32.1 Å². The molecule has 1 aliphatic carbocycles. The summed E-state index contributed by atoms with van der Waals surface area (Å²) in [4.78, 5) is 28.6.